The van der Waals surface area contributed by atoms with Crippen molar-refractivity contribution in [2.75, 3.05) is 26.3 Å². The fraction of sp³-hybridized carbons (Fsp3) is 0.481. The molecular weight excluding hydrogens is 556 g/mol. The van der Waals surface area contributed by atoms with Gasteiger partial charge < -0.3 is 14.4 Å². The molecule has 3 aliphatic heterocycles. The summed E-state index contributed by atoms with van der Waals surface area (Å²) in [7, 11) is 0. The molecule has 0 bridgehead atoms. The number of hydrogen-bond acceptors (Lipinski definition) is 6. The predicted octanol–water partition coefficient (Wildman–Crippen LogP) is 7.11. The highest BCUT2D eigenvalue weighted by Crippen LogP contribution is 2.46. The zero-order chi connectivity index (χ0) is 26.8. The van der Waals surface area contributed by atoms with Gasteiger partial charge in [0.25, 0.3) is 0 Å². The molecule has 0 unspecified atom stereocenters. The van der Waals surface area contributed by atoms with E-state index in [1.807, 2.05) is 41.5 Å². The molecule has 6 nitrogen and oxygen atoms in total. The summed E-state index contributed by atoms with van der Waals surface area (Å²) in [6.07, 6.45) is -0.102. The second-order valence-corrected chi connectivity index (χ2v) is 11.5. The van der Waals surface area contributed by atoms with Crippen molar-refractivity contribution in [1.82, 2.24) is 4.90 Å². The summed E-state index contributed by atoms with van der Waals surface area (Å²) in [5.41, 5.74) is 7.31. The molecule has 2 atom stereocenters. The van der Waals surface area contributed by atoms with Crippen molar-refractivity contribution < 1.29 is 14.4 Å². The predicted molar refractivity (Wildman–Crippen MR) is 150 cm³/mol. The number of oxime groups is 2. The Labute approximate surface area is 237 Å². The Kier molecular flexibility index (Phi) is 7.23. The molecule has 2 aromatic rings. The number of halogens is 4. The van der Waals surface area contributed by atoms with Crippen LogP contribution in [0.5, 0.6) is 0 Å². The highest BCUT2D eigenvalue weighted by atomic mass is 35.5. The van der Waals surface area contributed by atoms with Crippen molar-refractivity contribution in [2.24, 2.45) is 10.3 Å². The Balaban J connectivity index is 1.65. The van der Waals surface area contributed by atoms with Gasteiger partial charge in [0.2, 0.25) is 11.8 Å². The van der Waals surface area contributed by atoms with E-state index in [2.05, 4.69) is 15.2 Å². The number of morpholine rings is 1. The first-order chi connectivity index (χ1) is 17.5. The first kappa shape index (κ1) is 27.0. The van der Waals surface area contributed by atoms with E-state index in [4.69, 9.17) is 60.8 Å². The highest BCUT2D eigenvalue weighted by Gasteiger charge is 2.60. The van der Waals surface area contributed by atoms with Gasteiger partial charge >= 0.3 is 0 Å². The third kappa shape index (κ3) is 4.07. The van der Waals surface area contributed by atoms with E-state index in [1.165, 1.54) is 0 Å². The van der Waals surface area contributed by atoms with Crippen LogP contribution < -0.4 is 0 Å². The first-order valence-corrected chi connectivity index (χ1v) is 13.7. The van der Waals surface area contributed by atoms with Crippen LogP contribution >= 0.6 is 46.4 Å². The normalized spacial score (nSPS) is 23.8. The van der Waals surface area contributed by atoms with Crippen molar-refractivity contribution in [2.45, 2.75) is 59.8 Å². The van der Waals surface area contributed by atoms with Crippen LogP contribution in [0.1, 0.15) is 50.9 Å². The quantitative estimate of drug-likeness (QED) is 0.386. The van der Waals surface area contributed by atoms with Crippen LogP contribution in [0.15, 0.2) is 10.3 Å². The lowest BCUT2D eigenvalue weighted by molar-refractivity contribution is -0.159. The molecule has 10 heteroatoms. The van der Waals surface area contributed by atoms with Gasteiger partial charge in [-0.15, -0.1) is 0 Å². The van der Waals surface area contributed by atoms with Gasteiger partial charge in [-0.1, -0.05) is 56.7 Å². The molecule has 3 heterocycles. The number of nitrogens with zero attached hydrogens (tertiary/aromatic N) is 3. The summed E-state index contributed by atoms with van der Waals surface area (Å²) in [6.45, 7) is 14.3. The zero-order valence-electron chi connectivity index (χ0n) is 21.7. The van der Waals surface area contributed by atoms with E-state index in [1.54, 1.807) is 0 Å². The van der Waals surface area contributed by atoms with Gasteiger partial charge in [-0.05, 0) is 74.9 Å². The highest BCUT2D eigenvalue weighted by molar-refractivity contribution is 6.39. The molecule has 1 fully saturated rings. The van der Waals surface area contributed by atoms with Crippen molar-refractivity contribution >= 4 is 57.8 Å². The van der Waals surface area contributed by atoms with Crippen LogP contribution in [0.4, 0.5) is 0 Å². The monoisotopic (exact) mass is 583 g/mol. The van der Waals surface area contributed by atoms with Crippen molar-refractivity contribution in [3.63, 3.8) is 0 Å². The summed E-state index contributed by atoms with van der Waals surface area (Å²) in [4.78, 5) is 14.8. The SMILES string of the molecule is Cc1c(Cl)c(C)c(C2=NO[C@@]3(C2)C(c2c(C)c(Cl)c(C)c(Cl)c2C)=NO[C@@H]3N2CCOCC2)c(C)c1Cl. The van der Waals surface area contributed by atoms with Gasteiger partial charge in [0.15, 0.2) is 0 Å². The minimum Gasteiger partial charge on any atom is -0.379 e. The van der Waals surface area contributed by atoms with Crippen LogP contribution in [-0.4, -0.2) is 54.5 Å². The van der Waals surface area contributed by atoms with E-state index in [9.17, 15) is 0 Å². The lowest BCUT2D eigenvalue weighted by Gasteiger charge is -2.37. The Bertz CT molecular complexity index is 1310. The average Bonchev–Trinajstić information content (AvgIpc) is 3.49. The molecular formula is C27H29Cl4N3O3. The van der Waals surface area contributed by atoms with Gasteiger partial charge in [-0.25, -0.2) is 0 Å². The lowest BCUT2D eigenvalue weighted by Crippen LogP contribution is -2.58. The van der Waals surface area contributed by atoms with Crippen molar-refractivity contribution in [1.29, 1.82) is 0 Å². The Morgan fingerprint density at radius 1 is 0.703 bits per heavy atom. The number of benzene rings is 2. The van der Waals surface area contributed by atoms with Crippen molar-refractivity contribution in [3.8, 4) is 0 Å². The molecule has 0 amide bonds. The summed E-state index contributed by atoms with van der Waals surface area (Å²) in [5.74, 6) is 0. The molecule has 1 saturated heterocycles. The number of rotatable bonds is 3. The maximum atomic E-state index is 6.73. The number of ether oxygens (including phenoxy) is 1. The fourth-order valence-electron chi connectivity index (χ4n) is 5.76. The van der Waals surface area contributed by atoms with Gasteiger partial charge in [0.05, 0.1) is 18.9 Å². The molecule has 0 aromatic heterocycles. The van der Waals surface area contributed by atoms with E-state index >= 15 is 0 Å². The Morgan fingerprint density at radius 3 is 1.70 bits per heavy atom. The summed E-state index contributed by atoms with van der Waals surface area (Å²) >= 11 is 26.8. The van der Waals surface area contributed by atoms with Crippen LogP contribution in [0.25, 0.3) is 0 Å². The standard InChI is InChI=1S/C27H29Cl4N3O3/c1-12-19(13(2)22(29)16(5)21(12)28)18-11-27(37-32-18)25(33-36-26(27)34-7-9-35-10-8-34)20-14(3)23(30)17(6)24(31)15(20)4/h26H,7-11H2,1-6H3/t26-,27-/m0/s1. The van der Waals surface area contributed by atoms with E-state index in [-0.39, 0.29) is 0 Å². The van der Waals surface area contributed by atoms with Gasteiger partial charge in [-0.2, -0.15) is 0 Å². The molecule has 1 spiro atoms. The molecule has 198 valence electrons. The zero-order valence-corrected chi connectivity index (χ0v) is 24.7. The minimum atomic E-state index is -1.02. The second-order valence-electron chi connectivity index (χ2n) is 10.00. The number of hydrogen-bond donors (Lipinski definition) is 0. The summed E-state index contributed by atoms with van der Waals surface area (Å²) < 4.78 is 5.60. The summed E-state index contributed by atoms with van der Waals surface area (Å²) in [6, 6.07) is 0. The smallest absolute Gasteiger partial charge is 0.241 e. The maximum Gasteiger partial charge on any atom is 0.241 e. The molecule has 2 aromatic carbocycles. The Hall–Kier alpha value is -1.54. The van der Waals surface area contributed by atoms with Gasteiger partial charge in [0.1, 0.15) is 5.71 Å². The molecule has 0 N–H and O–H groups in total. The lowest BCUT2D eigenvalue weighted by atomic mass is 9.80. The van der Waals surface area contributed by atoms with Crippen LogP contribution in [-0.2, 0) is 14.4 Å². The molecule has 3 aliphatic rings. The first-order valence-electron chi connectivity index (χ1n) is 12.2. The van der Waals surface area contributed by atoms with Gasteiger partial charge in [-0.3, -0.25) is 4.90 Å². The molecule has 5 rings (SSSR count). The van der Waals surface area contributed by atoms with Crippen LogP contribution in [0.2, 0.25) is 20.1 Å². The minimum absolute atomic E-state index is 0.410. The maximum absolute atomic E-state index is 6.73. The second kappa shape index (κ2) is 9.89. The van der Waals surface area contributed by atoms with Crippen LogP contribution in [0, 0.1) is 41.5 Å². The topological polar surface area (TPSA) is 55.7 Å². The molecule has 37 heavy (non-hydrogen) atoms. The molecule has 0 radical (unpaired) electrons. The van der Waals surface area contributed by atoms with E-state index in [0.29, 0.717) is 58.5 Å². The van der Waals surface area contributed by atoms with Crippen LogP contribution in [0.3, 0.4) is 0 Å². The van der Waals surface area contributed by atoms with Crippen molar-refractivity contribution in [3.05, 3.63) is 64.6 Å². The molecule has 0 aliphatic carbocycles. The van der Waals surface area contributed by atoms with E-state index < -0.39 is 11.8 Å². The average molecular weight is 585 g/mol. The van der Waals surface area contributed by atoms with E-state index in [0.717, 1.165) is 50.2 Å². The fourth-order valence-corrected chi connectivity index (χ4v) is 6.62. The Morgan fingerprint density at radius 2 is 1.19 bits per heavy atom. The van der Waals surface area contributed by atoms with Gasteiger partial charge in [0, 0.05) is 50.7 Å². The largest absolute Gasteiger partial charge is 0.379 e. The summed E-state index contributed by atoms with van der Waals surface area (Å²) in [5, 5.41) is 11.7. The third-order valence-corrected chi connectivity index (χ3v) is 10.1. The molecule has 0 saturated carbocycles. The third-order valence-electron chi connectivity index (χ3n) is 7.83.